The van der Waals surface area contributed by atoms with Gasteiger partial charge in [0.25, 0.3) is 0 Å². The maximum Gasteiger partial charge on any atom is 1.00 e. The molecule has 0 radical (unpaired) electrons. The van der Waals surface area contributed by atoms with Gasteiger partial charge in [0.2, 0.25) is 0 Å². The van der Waals surface area contributed by atoms with Crippen LogP contribution in [0.25, 0.3) is 0 Å². The number of hydrogen-bond donors (Lipinski definition) is 1. The standard InChI is InChI=1S/C7H13NS2.Na/c9-7(10)8-5-3-1-2-4-6-8;/h1-6H2,(H,9,10);/q;+1. The van der Waals surface area contributed by atoms with E-state index in [1.807, 2.05) is 0 Å². The summed E-state index contributed by atoms with van der Waals surface area (Å²) in [5, 5.41) is 0. The molecule has 4 heteroatoms. The molecular formula is C7H13NNaS2+. The average Bonchev–Trinajstić information content (AvgIpc) is 2.12. The SMILES string of the molecule is S=C(S)N1CCCCCC1.[Na+]. The van der Waals surface area contributed by atoms with Crippen LogP contribution in [0.3, 0.4) is 0 Å². The first-order chi connectivity index (χ1) is 4.80. The molecule has 11 heavy (non-hydrogen) atoms. The average molecular weight is 198 g/mol. The van der Waals surface area contributed by atoms with E-state index < -0.39 is 0 Å². The Morgan fingerprint density at radius 3 is 1.91 bits per heavy atom. The molecule has 0 aromatic heterocycles. The van der Waals surface area contributed by atoms with Gasteiger partial charge >= 0.3 is 29.6 Å². The summed E-state index contributed by atoms with van der Waals surface area (Å²) in [5.41, 5.74) is 0. The van der Waals surface area contributed by atoms with Crippen molar-refractivity contribution in [2.75, 3.05) is 13.1 Å². The molecule has 1 saturated heterocycles. The zero-order valence-electron chi connectivity index (χ0n) is 7.05. The molecule has 1 rings (SSSR count). The zero-order valence-corrected chi connectivity index (χ0v) is 10.8. The molecule has 0 N–H and O–H groups in total. The summed E-state index contributed by atoms with van der Waals surface area (Å²) in [6.45, 7) is 2.23. The normalized spacial score (nSPS) is 18.5. The first-order valence-electron chi connectivity index (χ1n) is 3.78. The summed E-state index contributed by atoms with van der Waals surface area (Å²) >= 11 is 9.11. The third-order valence-electron chi connectivity index (χ3n) is 1.88. The zero-order chi connectivity index (χ0) is 7.40. The van der Waals surface area contributed by atoms with Gasteiger partial charge in [0.1, 0.15) is 4.32 Å². The van der Waals surface area contributed by atoms with E-state index in [0.717, 1.165) is 17.4 Å². The molecule has 0 atom stereocenters. The fourth-order valence-electron chi connectivity index (χ4n) is 1.26. The van der Waals surface area contributed by atoms with Gasteiger partial charge < -0.3 is 4.90 Å². The Labute approximate surface area is 102 Å². The van der Waals surface area contributed by atoms with Gasteiger partial charge in [-0.15, -0.1) is 12.6 Å². The molecule has 58 valence electrons. The number of rotatable bonds is 0. The Bertz CT molecular complexity index is 122. The molecule has 1 heterocycles. The van der Waals surface area contributed by atoms with Crippen molar-refractivity contribution in [1.82, 2.24) is 4.90 Å². The van der Waals surface area contributed by atoms with Crippen LogP contribution in [-0.4, -0.2) is 22.3 Å². The number of thiol groups is 1. The molecule has 1 aliphatic heterocycles. The first kappa shape index (κ1) is 12.2. The Morgan fingerprint density at radius 2 is 1.55 bits per heavy atom. The maximum absolute atomic E-state index is 4.97. The summed E-state index contributed by atoms with van der Waals surface area (Å²) in [6.07, 6.45) is 5.27. The van der Waals surface area contributed by atoms with Crippen molar-refractivity contribution in [2.45, 2.75) is 25.7 Å². The smallest absolute Gasteiger partial charge is 0.358 e. The molecule has 0 unspecified atom stereocenters. The minimum Gasteiger partial charge on any atom is -0.358 e. The Balaban J connectivity index is 0.000001000. The predicted octanol–water partition coefficient (Wildman–Crippen LogP) is -0.919. The molecule has 0 amide bonds. The van der Waals surface area contributed by atoms with Gasteiger partial charge in [-0.05, 0) is 12.8 Å². The van der Waals surface area contributed by atoms with Crippen LogP contribution >= 0.6 is 24.8 Å². The molecule has 1 nitrogen and oxygen atoms in total. The fraction of sp³-hybridized carbons (Fsp3) is 0.857. The molecule has 1 aliphatic rings. The Hall–Kier alpha value is 1.24. The van der Waals surface area contributed by atoms with E-state index in [1.54, 1.807) is 0 Å². The minimum absolute atomic E-state index is 0. The first-order valence-corrected chi connectivity index (χ1v) is 4.64. The van der Waals surface area contributed by atoms with Crippen LogP contribution in [0.1, 0.15) is 25.7 Å². The van der Waals surface area contributed by atoms with Crippen molar-refractivity contribution in [1.29, 1.82) is 0 Å². The molecule has 0 bridgehead atoms. The topological polar surface area (TPSA) is 3.24 Å². The minimum atomic E-state index is 0. The van der Waals surface area contributed by atoms with Crippen LogP contribution in [0, 0.1) is 0 Å². The van der Waals surface area contributed by atoms with Crippen LogP contribution in [-0.2, 0) is 0 Å². The van der Waals surface area contributed by atoms with Crippen molar-refractivity contribution in [2.24, 2.45) is 0 Å². The largest absolute Gasteiger partial charge is 1.00 e. The number of hydrogen-bond acceptors (Lipinski definition) is 1. The van der Waals surface area contributed by atoms with Crippen LogP contribution in [0.2, 0.25) is 0 Å². The maximum atomic E-state index is 4.97. The summed E-state index contributed by atoms with van der Waals surface area (Å²) in [5.74, 6) is 0. The van der Waals surface area contributed by atoms with Crippen LogP contribution in [0.4, 0.5) is 0 Å². The number of nitrogens with zero attached hydrogens (tertiary/aromatic N) is 1. The van der Waals surface area contributed by atoms with Crippen molar-refractivity contribution >= 4 is 29.2 Å². The van der Waals surface area contributed by atoms with Crippen molar-refractivity contribution in [3.05, 3.63) is 0 Å². The van der Waals surface area contributed by atoms with Gasteiger partial charge in [-0.2, -0.15) is 0 Å². The van der Waals surface area contributed by atoms with Gasteiger partial charge in [0.05, 0.1) is 0 Å². The van der Waals surface area contributed by atoms with E-state index in [-0.39, 0.29) is 29.6 Å². The molecule has 1 fully saturated rings. The molecule has 0 saturated carbocycles. The van der Waals surface area contributed by atoms with Crippen LogP contribution < -0.4 is 29.6 Å². The van der Waals surface area contributed by atoms with Gasteiger partial charge in [0, 0.05) is 13.1 Å². The Morgan fingerprint density at radius 1 is 1.09 bits per heavy atom. The van der Waals surface area contributed by atoms with Crippen LogP contribution in [0.15, 0.2) is 0 Å². The van der Waals surface area contributed by atoms with E-state index >= 15 is 0 Å². The van der Waals surface area contributed by atoms with Crippen LogP contribution in [0.5, 0.6) is 0 Å². The monoisotopic (exact) mass is 198 g/mol. The second-order valence-electron chi connectivity index (χ2n) is 2.68. The molecule has 0 aromatic rings. The molecule has 0 spiro atoms. The second-order valence-corrected chi connectivity index (χ2v) is 3.80. The van der Waals surface area contributed by atoms with E-state index in [2.05, 4.69) is 17.5 Å². The van der Waals surface area contributed by atoms with Gasteiger partial charge in [-0.3, -0.25) is 0 Å². The van der Waals surface area contributed by atoms with E-state index in [4.69, 9.17) is 12.2 Å². The molecular weight excluding hydrogens is 185 g/mol. The van der Waals surface area contributed by atoms with Crippen molar-refractivity contribution in [3.8, 4) is 0 Å². The molecule has 0 aromatic carbocycles. The van der Waals surface area contributed by atoms with Crippen molar-refractivity contribution < 1.29 is 29.6 Å². The predicted molar refractivity (Wildman–Crippen MR) is 51.6 cm³/mol. The third kappa shape index (κ3) is 4.73. The van der Waals surface area contributed by atoms with Gasteiger partial charge in [-0.1, -0.05) is 25.1 Å². The van der Waals surface area contributed by atoms with E-state index in [0.29, 0.717) is 0 Å². The van der Waals surface area contributed by atoms with E-state index in [1.165, 1.54) is 25.7 Å². The van der Waals surface area contributed by atoms with E-state index in [9.17, 15) is 0 Å². The second kappa shape index (κ2) is 6.72. The summed E-state index contributed by atoms with van der Waals surface area (Å²) in [6, 6.07) is 0. The third-order valence-corrected chi connectivity index (χ3v) is 2.42. The molecule has 0 aliphatic carbocycles. The summed E-state index contributed by atoms with van der Waals surface area (Å²) in [7, 11) is 0. The van der Waals surface area contributed by atoms with Crippen molar-refractivity contribution in [3.63, 3.8) is 0 Å². The van der Waals surface area contributed by atoms with Gasteiger partial charge in [0.15, 0.2) is 0 Å². The summed E-state index contributed by atoms with van der Waals surface area (Å²) < 4.78 is 0.766. The number of thiocarbonyl (C=S) groups is 1. The van der Waals surface area contributed by atoms with Gasteiger partial charge in [-0.25, -0.2) is 0 Å². The quantitative estimate of drug-likeness (QED) is 0.305. The fourth-order valence-corrected chi connectivity index (χ4v) is 1.64. The summed E-state index contributed by atoms with van der Waals surface area (Å²) in [4.78, 5) is 2.19. The Kier molecular flexibility index (Phi) is 7.48. The number of likely N-dealkylation sites (tertiary alicyclic amines) is 1.